The van der Waals surface area contributed by atoms with Gasteiger partial charge in [0.25, 0.3) is 0 Å². The van der Waals surface area contributed by atoms with Gasteiger partial charge in [-0.25, -0.2) is 0 Å². The summed E-state index contributed by atoms with van der Waals surface area (Å²) in [5.74, 6) is 0. The molecule has 0 aromatic carbocycles. The molecule has 0 aliphatic carbocycles. The Bertz CT molecular complexity index is 417. The molecule has 3 aliphatic rings. The molecule has 3 N–H and O–H groups in total. The van der Waals surface area contributed by atoms with Crippen molar-refractivity contribution in [2.24, 2.45) is 0 Å². The maximum absolute atomic E-state index is 10.4. The Labute approximate surface area is 107 Å². The average molecular weight is 248 g/mol. The molecule has 1 aromatic rings. The molecule has 3 saturated heterocycles. The number of aliphatic hydroxyl groups excluding tert-OH is 1. The van der Waals surface area contributed by atoms with E-state index in [4.69, 9.17) is 5.73 Å². The monoisotopic (exact) mass is 248 g/mol. The van der Waals surface area contributed by atoms with Crippen molar-refractivity contribution in [3.63, 3.8) is 0 Å². The highest BCUT2D eigenvalue weighted by molar-refractivity contribution is 5.44. The van der Waals surface area contributed by atoms with Crippen LogP contribution in [0.1, 0.15) is 5.56 Å². The Kier molecular flexibility index (Phi) is 3.20. The van der Waals surface area contributed by atoms with Gasteiger partial charge in [-0.3, -0.25) is 14.8 Å². The molecule has 18 heavy (non-hydrogen) atoms. The molecule has 5 nitrogen and oxygen atoms in total. The fourth-order valence-electron chi connectivity index (χ4n) is 2.99. The maximum atomic E-state index is 10.4. The maximum Gasteiger partial charge on any atom is 0.0749 e. The zero-order valence-corrected chi connectivity index (χ0v) is 10.5. The summed E-state index contributed by atoms with van der Waals surface area (Å²) in [6.07, 6.45) is 3.67. The van der Waals surface area contributed by atoms with Crippen LogP contribution in [0.25, 0.3) is 0 Å². The minimum Gasteiger partial charge on any atom is -0.398 e. The zero-order chi connectivity index (χ0) is 12.5. The Balaban J connectivity index is 1.68. The van der Waals surface area contributed by atoms with Crippen molar-refractivity contribution < 1.29 is 5.11 Å². The molecule has 2 atom stereocenters. The van der Waals surface area contributed by atoms with Crippen LogP contribution in [0.3, 0.4) is 0 Å². The normalized spacial score (nSPS) is 32.4. The van der Waals surface area contributed by atoms with E-state index in [9.17, 15) is 5.11 Å². The van der Waals surface area contributed by atoms with Crippen molar-refractivity contribution in [2.45, 2.75) is 18.6 Å². The lowest BCUT2D eigenvalue weighted by Crippen LogP contribution is -2.64. The molecule has 2 unspecified atom stereocenters. The molecule has 4 heterocycles. The standard InChI is InChI=1S/C13H20N4O/c14-11-1-2-15-8-10(11)7-13(18)12-9-16-3-5-17(12)6-4-16/h1-2,8,12-13,18H,3-7,9H2,(H2,14,15). The van der Waals surface area contributed by atoms with Crippen molar-refractivity contribution in [2.75, 3.05) is 38.5 Å². The van der Waals surface area contributed by atoms with E-state index in [-0.39, 0.29) is 12.1 Å². The smallest absolute Gasteiger partial charge is 0.0749 e. The van der Waals surface area contributed by atoms with E-state index in [1.807, 2.05) is 0 Å². The van der Waals surface area contributed by atoms with Gasteiger partial charge in [0.1, 0.15) is 0 Å². The van der Waals surface area contributed by atoms with Gasteiger partial charge in [-0.1, -0.05) is 0 Å². The van der Waals surface area contributed by atoms with E-state index in [0.717, 1.165) is 44.0 Å². The fourth-order valence-corrected chi connectivity index (χ4v) is 2.99. The van der Waals surface area contributed by atoms with Crippen LogP contribution in [0.5, 0.6) is 0 Å². The minimum atomic E-state index is -0.361. The molecule has 3 fully saturated rings. The second kappa shape index (κ2) is 4.84. The van der Waals surface area contributed by atoms with Crippen LogP contribution < -0.4 is 5.73 Å². The topological polar surface area (TPSA) is 65.6 Å². The lowest BCUT2D eigenvalue weighted by molar-refractivity contribution is -0.0453. The molecule has 1 aromatic heterocycles. The summed E-state index contributed by atoms with van der Waals surface area (Å²) >= 11 is 0. The van der Waals surface area contributed by atoms with Gasteiger partial charge in [0.2, 0.25) is 0 Å². The van der Waals surface area contributed by atoms with Gasteiger partial charge < -0.3 is 10.8 Å². The van der Waals surface area contributed by atoms with E-state index in [0.29, 0.717) is 6.42 Å². The first-order chi connectivity index (χ1) is 8.74. The van der Waals surface area contributed by atoms with Crippen LogP contribution in [0.4, 0.5) is 5.69 Å². The molecule has 98 valence electrons. The molecule has 3 aliphatic heterocycles. The summed E-state index contributed by atoms with van der Waals surface area (Å²) in [7, 11) is 0. The number of aromatic nitrogens is 1. The van der Waals surface area contributed by atoms with Crippen LogP contribution in [0.2, 0.25) is 0 Å². The lowest BCUT2D eigenvalue weighted by Gasteiger charge is -2.49. The van der Waals surface area contributed by atoms with Gasteiger partial charge in [0.15, 0.2) is 0 Å². The number of pyridine rings is 1. The number of rotatable bonds is 3. The van der Waals surface area contributed by atoms with Crippen molar-refractivity contribution in [1.82, 2.24) is 14.8 Å². The Morgan fingerprint density at radius 3 is 2.78 bits per heavy atom. The van der Waals surface area contributed by atoms with Crippen molar-refractivity contribution in [3.8, 4) is 0 Å². The van der Waals surface area contributed by atoms with Gasteiger partial charge in [0.05, 0.1) is 6.10 Å². The molecule has 0 spiro atoms. The first-order valence-corrected chi connectivity index (χ1v) is 6.57. The highest BCUT2D eigenvalue weighted by atomic mass is 16.3. The summed E-state index contributed by atoms with van der Waals surface area (Å²) in [6.45, 7) is 5.40. The number of nitrogens with zero attached hydrogens (tertiary/aromatic N) is 3. The summed E-state index contributed by atoms with van der Waals surface area (Å²) in [5, 5.41) is 10.4. The number of fused-ring (bicyclic) bond motifs is 3. The molecular weight excluding hydrogens is 228 g/mol. The summed E-state index contributed by atoms with van der Waals surface area (Å²) in [5.41, 5.74) is 7.57. The minimum absolute atomic E-state index is 0.243. The van der Waals surface area contributed by atoms with Crippen LogP contribution in [0, 0.1) is 0 Å². The van der Waals surface area contributed by atoms with E-state index >= 15 is 0 Å². The number of anilines is 1. The first kappa shape index (κ1) is 11.9. The molecule has 0 saturated carbocycles. The summed E-state index contributed by atoms with van der Waals surface area (Å²) in [6, 6.07) is 2.03. The van der Waals surface area contributed by atoms with Gasteiger partial charge in [-0.15, -0.1) is 0 Å². The van der Waals surface area contributed by atoms with Crippen molar-refractivity contribution in [3.05, 3.63) is 24.0 Å². The number of nitrogen functional groups attached to an aromatic ring is 1. The second-order valence-electron chi connectivity index (χ2n) is 5.25. The highest BCUT2D eigenvalue weighted by Crippen LogP contribution is 2.21. The second-order valence-corrected chi connectivity index (χ2v) is 5.25. The van der Waals surface area contributed by atoms with Crippen LogP contribution >= 0.6 is 0 Å². The fraction of sp³-hybridized carbons (Fsp3) is 0.615. The quantitative estimate of drug-likeness (QED) is 0.759. The summed E-state index contributed by atoms with van der Waals surface area (Å²) < 4.78 is 0. The third kappa shape index (κ3) is 2.21. The van der Waals surface area contributed by atoms with Gasteiger partial charge in [-0.2, -0.15) is 0 Å². The van der Waals surface area contributed by atoms with Crippen molar-refractivity contribution >= 4 is 5.69 Å². The molecule has 2 bridgehead atoms. The molecule has 4 rings (SSSR count). The molecule has 0 amide bonds. The number of aliphatic hydroxyl groups is 1. The van der Waals surface area contributed by atoms with Gasteiger partial charge in [0, 0.05) is 63.3 Å². The SMILES string of the molecule is Nc1ccncc1CC(O)C1CN2CCN1CC2. The Morgan fingerprint density at radius 2 is 2.17 bits per heavy atom. The lowest BCUT2D eigenvalue weighted by atomic mass is 9.97. The average Bonchev–Trinajstić information content (AvgIpc) is 2.42. The van der Waals surface area contributed by atoms with E-state index in [2.05, 4.69) is 14.8 Å². The number of hydrogen-bond donors (Lipinski definition) is 2. The van der Waals surface area contributed by atoms with Crippen LogP contribution in [-0.4, -0.2) is 64.8 Å². The highest BCUT2D eigenvalue weighted by Gasteiger charge is 2.36. The molecule has 0 radical (unpaired) electrons. The van der Waals surface area contributed by atoms with Crippen LogP contribution in [0.15, 0.2) is 18.5 Å². The molecular formula is C13H20N4O. The Hall–Kier alpha value is -1.17. The first-order valence-electron chi connectivity index (χ1n) is 6.57. The third-order valence-electron chi connectivity index (χ3n) is 4.14. The third-order valence-corrected chi connectivity index (χ3v) is 4.14. The predicted octanol–water partition coefficient (Wildman–Crippen LogP) is -0.433. The zero-order valence-electron chi connectivity index (χ0n) is 10.5. The molecule has 5 heteroatoms. The number of piperazine rings is 3. The Morgan fingerprint density at radius 1 is 1.39 bits per heavy atom. The van der Waals surface area contributed by atoms with Gasteiger partial charge >= 0.3 is 0 Å². The number of nitrogens with two attached hydrogens (primary N) is 1. The largest absolute Gasteiger partial charge is 0.398 e. The van der Waals surface area contributed by atoms with Crippen molar-refractivity contribution in [1.29, 1.82) is 0 Å². The number of hydrogen-bond acceptors (Lipinski definition) is 5. The van der Waals surface area contributed by atoms with Gasteiger partial charge in [-0.05, 0) is 11.6 Å². The van der Waals surface area contributed by atoms with E-state index in [1.165, 1.54) is 0 Å². The summed E-state index contributed by atoms with van der Waals surface area (Å²) in [4.78, 5) is 8.91. The van der Waals surface area contributed by atoms with Crippen LogP contribution in [-0.2, 0) is 6.42 Å². The predicted molar refractivity (Wildman–Crippen MR) is 70.2 cm³/mol. The van der Waals surface area contributed by atoms with E-state index < -0.39 is 0 Å². The van der Waals surface area contributed by atoms with E-state index in [1.54, 1.807) is 18.5 Å².